The second-order valence-corrected chi connectivity index (χ2v) is 5.34. The highest BCUT2D eigenvalue weighted by Crippen LogP contribution is 2.20. The van der Waals surface area contributed by atoms with Crippen molar-refractivity contribution in [1.82, 2.24) is 9.97 Å². The highest BCUT2D eigenvalue weighted by Gasteiger charge is 2.11. The van der Waals surface area contributed by atoms with Crippen molar-refractivity contribution in [3.63, 3.8) is 0 Å². The van der Waals surface area contributed by atoms with E-state index in [9.17, 15) is 4.79 Å². The molecule has 0 atom stereocenters. The van der Waals surface area contributed by atoms with Crippen LogP contribution in [0.2, 0.25) is 0 Å². The van der Waals surface area contributed by atoms with Crippen LogP contribution in [0, 0.1) is 0 Å². The molecule has 2 heterocycles. The molecule has 3 rings (SSSR count). The summed E-state index contributed by atoms with van der Waals surface area (Å²) in [6, 6.07) is 6.01. The number of aromatic carboxylic acids is 1. The van der Waals surface area contributed by atoms with Gasteiger partial charge in [0.15, 0.2) is 0 Å². The smallest absolute Gasteiger partial charge is 0.352 e. The minimum Gasteiger partial charge on any atom is -0.477 e. The van der Waals surface area contributed by atoms with Crippen LogP contribution in [-0.2, 0) is 25.7 Å². The van der Waals surface area contributed by atoms with Crippen molar-refractivity contribution in [3.8, 4) is 0 Å². The molecule has 2 aromatic heterocycles. The summed E-state index contributed by atoms with van der Waals surface area (Å²) in [5.41, 5.74) is 5.02. The lowest BCUT2D eigenvalue weighted by Crippen LogP contribution is -2.07. The van der Waals surface area contributed by atoms with Crippen molar-refractivity contribution >= 4 is 5.97 Å². The van der Waals surface area contributed by atoms with Gasteiger partial charge in [0.05, 0.1) is 0 Å². The third kappa shape index (κ3) is 3.51. The predicted octanol–water partition coefficient (Wildman–Crippen LogP) is 3.41. The Morgan fingerprint density at radius 1 is 1.24 bits per heavy atom. The molecule has 1 aliphatic rings. The van der Waals surface area contributed by atoms with Gasteiger partial charge in [0.2, 0.25) is 0 Å². The molecule has 0 saturated carbocycles. The van der Waals surface area contributed by atoms with Gasteiger partial charge in [-0.1, -0.05) is 13.5 Å². The Hall–Kier alpha value is -2.10. The fourth-order valence-corrected chi connectivity index (χ4v) is 2.75. The van der Waals surface area contributed by atoms with Crippen LogP contribution in [0.3, 0.4) is 0 Å². The van der Waals surface area contributed by atoms with Crippen LogP contribution < -0.4 is 0 Å². The topological polar surface area (TPSA) is 66.0 Å². The molecule has 0 amide bonds. The Morgan fingerprint density at radius 2 is 2.05 bits per heavy atom. The van der Waals surface area contributed by atoms with Gasteiger partial charge in [0.25, 0.3) is 0 Å². The molecule has 0 aliphatic heterocycles. The molecule has 2 N–H and O–H groups in total. The monoisotopic (exact) mass is 286 g/mol. The van der Waals surface area contributed by atoms with E-state index >= 15 is 0 Å². The normalized spacial score (nSPS) is 13.3. The molecule has 0 spiro atoms. The lowest BCUT2D eigenvalue weighted by atomic mass is 9.95. The van der Waals surface area contributed by atoms with Gasteiger partial charge >= 0.3 is 5.97 Å². The van der Waals surface area contributed by atoms with Crippen LogP contribution in [0.25, 0.3) is 0 Å². The number of fused-ring (bicyclic) bond motifs is 1. The van der Waals surface area contributed by atoms with Gasteiger partial charge in [-0.25, -0.2) is 4.79 Å². The maximum absolute atomic E-state index is 10.8. The average Bonchev–Trinajstić information content (AvgIpc) is 2.94. The molecule has 0 aromatic carbocycles. The van der Waals surface area contributed by atoms with E-state index in [1.54, 1.807) is 12.3 Å². The van der Waals surface area contributed by atoms with E-state index in [4.69, 9.17) is 10.1 Å². The van der Waals surface area contributed by atoms with Crippen LogP contribution in [0.5, 0.6) is 0 Å². The fourth-order valence-electron chi connectivity index (χ4n) is 2.75. The van der Waals surface area contributed by atoms with E-state index in [-0.39, 0.29) is 13.1 Å². The maximum atomic E-state index is 10.8. The number of carboxylic acids is 1. The van der Waals surface area contributed by atoms with E-state index in [0.29, 0.717) is 0 Å². The third-order valence-corrected chi connectivity index (χ3v) is 3.88. The van der Waals surface area contributed by atoms with Gasteiger partial charge in [-0.3, -0.25) is 4.98 Å². The number of H-pyrrole nitrogens is 1. The van der Waals surface area contributed by atoms with Gasteiger partial charge in [-0.15, -0.1) is 0 Å². The van der Waals surface area contributed by atoms with E-state index in [2.05, 4.69) is 17.1 Å². The van der Waals surface area contributed by atoms with Gasteiger partial charge in [-0.2, -0.15) is 0 Å². The average molecular weight is 286 g/mol. The standard InChI is InChI=1S/C16H18N2O2.CH4/c19-16(20)15-9-11(10-17-15)5-7-13-8-6-12-3-1-2-4-14(12)18-13;/h6,8-10,17H,1-5,7H2,(H,19,20);1H4. The predicted molar refractivity (Wildman–Crippen MR) is 82.8 cm³/mol. The summed E-state index contributed by atoms with van der Waals surface area (Å²) in [4.78, 5) is 18.3. The Morgan fingerprint density at radius 3 is 2.81 bits per heavy atom. The third-order valence-electron chi connectivity index (χ3n) is 3.88. The Kier molecular flexibility index (Phi) is 4.78. The second kappa shape index (κ2) is 6.57. The maximum Gasteiger partial charge on any atom is 0.352 e. The molecule has 0 fully saturated rings. The molecule has 0 radical (unpaired) electrons. The highest BCUT2D eigenvalue weighted by molar-refractivity contribution is 5.85. The van der Waals surface area contributed by atoms with Crippen molar-refractivity contribution in [2.75, 3.05) is 0 Å². The zero-order valence-corrected chi connectivity index (χ0v) is 11.4. The molecule has 2 aromatic rings. The molecule has 21 heavy (non-hydrogen) atoms. The van der Waals surface area contributed by atoms with Gasteiger partial charge in [-0.05, 0) is 61.8 Å². The number of pyridine rings is 1. The lowest BCUT2D eigenvalue weighted by molar-refractivity contribution is 0.0691. The lowest BCUT2D eigenvalue weighted by Gasteiger charge is -2.15. The van der Waals surface area contributed by atoms with Gasteiger partial charge in [0.1, 0.15) is 5.69 Å². The second-order valence-electron chi connectivity index (χ2n) is 5.34. The first kappa shape index (κ1) is 15.3. The number of aromatic nitrogens is 2. The van der Waals surface area contributed by atoms with Crippen LogP contribution in [0.4, 0.5) is 0 Å². The minimum atomic E-state index is -0.914. The zero-order valence-electron chi connectivity index (χ0n) is 11.4. The van der Waals surface area contributed by atoms with Crippen LogP contribution in [-0.4, -0.2) is 21.0 Å². The summed E-state index contributed by atoms with van der Waals surface area (Å²) in [7, 11) is 0. The minimum absolute atomic E-state index is 0. The van der Waals surface area contributed by atoms with Crippen molar-refractivity contribution in [1.29, 1.82) is 0 Å². The summed E-state index contributed by atoms with van der Waals surface area (Å²) < 4.78 is 0. The summed E-state index contributed by atoms with van der Waals surface area (Å²) in [6.07, 6.45) is 8.19. The first-order valence-corrected chi connectivity index (χ1v) is 7.10. The fraction of sp³-hybridized carbons (Fsp3) is 0.412. The van der Waals surface area contributed by atoms with Gasteiger partial charge in [0, 0.05) is 17.6 Å². The number of nitrogens with zero attached hydrogens (tertiary/aromatic N) is 1. The van der Waals surface area contributed by atoms with Crippen LogP contribution in [0.1, 0.15) is 53.3 Å². The van der Waals surface area contributed by atoms with Crippen molar-refractivity contribution in [3.05, 3.63) is 52.6 Å². The van der Waals surface area contributed by atoms with Crippen molar-refractivity contribution < 1.29 is 9.90 Å². The van der Waals surface area contributed by atoms with Crippen LogP contribution in [0.15, 0.2) is 24.4 Å². The first-order chi connectivity index (χ1) is 9.72. The summed E-state index contributed by atoms with van der Waals surface area (Å²) in [5.74, 6) is -0.914. The summed E-state index contributed by atoms with van der Waals surface area (Å²) in [6.45, 7) is 0. The number of carbonyl (C=O) groups is 1. The highest BCUT2D eigenvalue weighted by atomic mass is 16.4. The SMILES string of the molecule is C.O=C(O)c1cc(CCc2ccc3c(n2)CCCC3)c[nH]1. The van der Waals surface area contributed by atoms with E-state index in [0.717, 1.165) is 36.9 Å². The van der Waals surface area contributed by atoms with Gasteiger partial charge < -0.3 is 10.1 Å². The summed E-state index contributed by atoms with van der Waals surface area (Å²) in [5, 5.41) is 8.87. The largest absolute Gasteiger partial charge is 0.477 e. The zero-order chi connectivity index (χ0) is 13.9. The number of rotatable bonds is 4. The molecular weight excluding hydrogens is 264 g/mol. The molecule has 0 unspecified atom stereocenters. The Labute approximate surface area is 125 Å². The number of aryl methyl sites for hydroxylation is 4. The molecule has 4 nitrogen and oxygen atoms in total. The first-order valence-electron chi connectivity index (χ1n) is 7.10. The number of hydrogen-bond donors (Lipinski definition) is 2. The molecule has 0 saturated heterocycles. The number of carboxylic acid groups (broad SMARTS) is 1. The van der Waals surface area contributed by atoms with E-state index < -0.39 is 5.97 Å². The molecule has 112 valence electrons. The van der Waals surface area contributed by atoms with Crippen molar-refractivity contribution in [2.24, 2.45) is 0 Å². The quantitative estimate of drug-likeness (QED) is 0.905. The number of hydrogen-bond acceptors (Lipinski definition) is 2. The Bertz CT molecular complexity index is 631. The molecule has 4 heteroatoms. The number of aromatic amines is 1. The van der Waals surface area contributed by atoms with Crippen molar-refractivity contribution in [2.45, 2.75) is 46.0 Å². The van der Waals surface area contributed by atoms with E-state index in [1.165, 1.54) is 24.1 Å². The number of nitrogens with one attached hydrogen (secondary N) is 1. The Balaban J connectivity index is 0.00000161. The van der Waals surface area contributed by atoms with E-state index in [1.807, 2.05) is 0 Å². The molecular formula is C17H22N2O2. The molecule has 0 bridgehead atoms. The molecule has 1 aliphatic carbocycles. The summed E-state index contributed by atoms with van der Waals surface area (Å²) >= 11 is 0. The van der Waals surface area contributed by atoms with Crippen LogP contribution >= 0.6 is 0 Å².